The van der Waals surface area contributed by atoms with Crippen molar-refractivity contribution in [2.75, 3.05) is 13.1 Å². The quantitative estimate of drug-likeness (QED) is 0.869. The first-order valence-electron chi connectivity index (χ1n) is 7.82. The van der Waals surface area contributed by atoms with E-state index in [1.165, 1.54) is 12.8 Å². The number of carbonyl (C=O) groups is 1. The third-order valence-corrected chi connectivity index (χ3v) is 4.26. The normalized spacial score (nSPS) is 21.1. The average Bonchev–Trinajstić information content (AvgIpc) is 2.88. The summed E-state index contributed by atoms with van der Waals surface area (Å²) in [7, 11) is 0. The lowest BCUT2D eigenvalue weighted by atomic mass is 9.84. The minimum Gasteiger partial charge on any atom is -0.316 e. The molecule has 112 valence electrons. The number of aromatic nitrogens is 2. The van der Waals surface area contributed by atoms with Gasteiger partial charge in [-0.15, -0.1) is 0 Å². The monoisotopic (exact) mass is 277 g/mol. The first-order chi connectivity index (χ1) is 9.56. The highest BCUT2D eigenvalue weighted by Crippen LogP contribution is 2.23. The van der Waals surface area contributed by atoms with Crippen LogP contribution in [0.5, 0.6) is 0 Å². The number of carbonyl (C=O) groups excluding carboxylic acids is 1. The van der Waals surface area contributed by atoms with Gasteiger partial charge in [-0.1, -0.05) is 6.92 Å². The van der Waals surface area contributed by atoms with Crippen LogP contribution in [-0.2, 0) is 11.2 Å². The molecule has 2 rings (SSSR count). The highest BCUT2D eigenvalue weighted by molar-refractivity contribution is 5.80. The maximum absolute atomic E-state index is 12.2. The van der Waals surface area contributed by atoms with Crippen LogP contribution in [0.1, 0.15) is 51.8 Å². The molecule has 0 bridgehead atoms. The highest BCUT2D eigenvalue weighted by atomic mass is 16.1. The highest BCUT2D eigenvalue weighted by Gasteiger charge is 2.22. The van der Waals surface area contributed by atoms with Crippen molar-refractivity contribution in [3.8, 4) is 0 Å². The minimum absolute atomic E-state index is 0.317. The van der Waals surface area contributed by atoms with Crippen LogP contribution in [0.25, 0.3) is 0 Å². The van der Waals surface area contributed by atoms with Crippen LogP contribution < -0.4 is 5.32 Å². The molecule has 4 nitrogen and oxygen atoms in total. The maximum Gasteiger partial charge on any atom is 0.139 e. The van der Waals surface area contributed by atoms with Gasteiger partial charge in [0.1, 0.15) is 5.78 Å². The number of Topliss-reactive ketones (excluding diaryl/α,β-unsaturated/α-hetero) is 1. The van der Waals surface area contributed by atoms with Gasteiger partial charge in [0.2, 0.25) is 0 Å². The van der Waals surface area contributed by atoms with Gasteiger partial charge < -0.3 is 5.32 Å². The zero-order valence-corrected chi connectivity index (χ0v) is 12.9. The number of piperidine rings is 1. The lowest BCUT2D eigenvalue weighted by Gasteiger charge is -2.27. The Morgan fingerprint density at radius 2 is 2.30 bits per heavy atom. The molecule has 2 atom stereocenters. The Bertz CT molecular complexity index is 433. The second-order valence-electron chi connectivity index (χ2n) is 6.38. The molecular weight excluding hydrogens is 250 g/mol. The van der Waals surface area contributed by atoms with Crippen molar-refractivity contribution in [1.29, 1.82) is 0 Å². The number of hydrogen-bond acceptors (Lipinski definition) is 3. The minimum atomic E-state index is 0.317. The van der Waals surface area contributed by atoms with E-state index in [0.717, 1.165) is 18.8 Å². The van der Waals surface area contributed by atoms with Crippen LogP contribution in [-0.4, -0.2) is 28.7 Å². The summed E-state index contributed by atoms with van der Waals surface area (Å²) in [5.74, 6) is 1.44. The molecule has 1 aliphatic heterocycles. The van der Waals surface area contributed by atoms with Crippen LogP contribution in [0.15, 0.2) is 12.3 Å². The summed E-state index contributed by atoms with van der Waals surface area (Å²) in [5, 5.41) is 7.88. The van der Waals surface area contributed by atoms with E-state index in [4.69, 9.17) is 0 Å². The van der Waals surface area contributed by atoms with Crippen molar-refractivity contribution in [2.24, 2.45) is 11.8 Å². The Morgan fingerprint density at radius 3 is 2.90 bits per heavy atom. The number of nitrogens with one attached hydrogen (secondary N) is 1. The zero-order chi connectivity index (χ0) is 14.5. The molecule has 0 amide bonds. The molecule has 1 aromatic rings. The van der Waals surface area contributed by atoms with Crippen LogP contribution >= 0.6 is 0 Å². The molecule has 1 fully saturated rings. The summed E-state index contributed by atoms with van der Waals surface area (Å²) in [4.78, 5) is 12.2. The van der Waals surface area contributed by atoms with E-state index >= 15 is 0 Å². The Balaban J connectivity index is 1.81. The molecular formula is C16H27N3O. The third-order valence-electron chi connectivity index (χ3n) is 4.26. The lowest BCUT2D eigenvalue weighted by Crippen LogP contribution is -2.34. The van der Waals surface area contributed by atoms with Gasteiger partial charge >= 0.3 is 0 Å². The van der Waals surface area contributed by atoms with E-state index in [-0.39, 0.29) is 0 Å². The third kappa shape index (κ3) is 4.17. The van der Waals surface area contributed by atoms with Crippen molar-refractivity contribution in [3.05, 3.63) is 18.0 Å². The molecule has 2 heterocycles. The van der Waals surface area contributed by atoms with Crippen molar-refractivity contribution in [3.63, 3.8) is 0 Å². The fourth-order valence-corrected chi connectivity index (χ4v) is 2.92. The molecule has 0 radical (unpaired) electrons. The Labute approximate surface area is 121 Å². The van der Waals surface area contributed by atoms with Gasteiger partial charge in [-0.3, -0.25) is 9.48 Å². The van der Waals surface area contributed by atoms with Crippen molar-refractivity contribution in [2.45, 2.75) is 52.5 Å². The van der Waals surface area contributed by atoms with Crippen molar-refractivity contribution in [1.82, 2.24) is 15.1 Å². The van der Waals surface area contributed by atoms with Gasteiger partial charge in [0.05, 0.1) is 12.1 Å². The van der Waals surface area contributed by atoms with E-state index in [1.54, 1.807) is 0 Å². The van der Waals surface area contributed by atoms with Crippen LogP contribution in [0.4, 0.5) is 0 Å². The maximum atomic E-state index is 12.2. The molecule has 20 heavy (non-hydrogen) atoms. The predicted octanol–water partition coefficient (Wildman–Crippen LogP) is 2.60. The summed E-state index contributed by atoms with van der Waals surface area (Å²) < 4.78 is 1.91. The average molecular weight is 277 g/mol. The van der Waals surface area contributed by atoms with Gasteiger partial charge in [0.25, 0.3) is 0 Å². The number of ketones is 1. The van der Waals surface area contributed by atoms with Gasteiger partial charge in [-0.25, -0.2) is 0 Å². The van der Waals surface area contributed by atoms with Gasteiger partial charge in [-0.05, 0) is 57.7 Å². The molecule has 1 N–H and O–H groups in total. The molecule has 2 unspecified atom stereocenters. The second-order valence-corrected chi connectivity index (χ2v) is 6.38. The van der Waals surface area contributed by atoms with Crippen LogP contribution in [0.3, 0.4) is 0 Å². The molecule has 1 aromatic heterocycles. The van der Waals surface area contributed by atoms with E-state index in [2.05, 4.69) is 31.2 Å². The largest absolute Gasteiger partial charge is 0.316 e. The Kier molecular flexibility index (Phi) is 5.35. The van der Waals surface area contributed by atoms with E-state index in [1.807, 2.05) is 16.9 Å². The van der Waals surface area contributed by atoms with Crippen molar-refractivity contribution < 1.29 is 4.79 Å². The lowest BCUT2D eigenvalue weighted by molar-refractivity contribution is -0.119. The van der Waals surface area contributed by atoms with Gasteiger partial charge in [-0.2, -0.15) is 5.10 Å². The molecule has 0 aromatic carbocycles. The zero-order valence-electron chi connectivity index (χ0n) is 12.9. The summed E-state index contributed by atoms with van der Waals surface area (Å²) in [6.45, 7) is 8.59. The fraction of sp³-hybridized carbons (Fsp3) is 0.750. The van der Waals surface area contributed by atoms with E-state index in [9.17, 15) is 4.79 Å². The van der Waals surface area contributed by atoms with Crippen LogP contribution in [0, 0.1) is 11.8 Å². The summed E-state index contributed by atoms with van der Waals surface area (Å²) >= 11 is 0. The van der Waals surface area contributed by atoms with Crippen molar-refractivity contribution >= 4 is 5.78 Å². The smallest absolute Gasteiger partial charge is 0.139 e. The summed E-state index contributed by atoms with van der Waals surface area (Å²) in [6, 6.07) is 2.32. The molecule has 4 heteroatoms. The Hall–Kier alpha value is -1.16. The van der Waals surface area contributed by atoms with Gasteiger partial charge in [0, 0.05) is 18.7 Å². The SMILES string of the molecule is CC(CC(=O)Cc1ccn(C(C)C)n1)C1CCCNC1. The standard InChI is InChI=1S/C16H27N3O/c1-12(2)19-8-6-15(18-19)10-16(20)9-13(3)14-5-4-7-17-11-14/h6,8,12-14,17H,4-5,7,9-11H2,1-3H3. The molecule has 0 aliphatic carbocycles. The number of rotatable bonds is 6. The first kappa shape index (κ1) is 15.2. The topological polar surface area (TPSA) is 46.9 Å². The van der Waals surface area contributed by atoms with Gasteiger partial charge in [0.15, 0.2) is 0 Å². The predicted molar refractivity (Wildman–Crippen MR) is 80.7 cm³/mol. The number of nitrogens with zero attached hydrogens (tertiary/aromatic N) is 2. The molecule has 0 saturated carbocycles. The number of hydrogen-bond donors (Lipinski definition) is 1. The first-order valence-corrected chi connectivity index (χ1v) is 7.82. The van der Waals surface area contributed by atoms with E-state index < -0.39 is 0 Å². The van der Waals surface area contributed by atoms with Crippen LogP contribution in [0.2, 0.25) is 0 Å². The van der Waals surface area contributed by atoms with E-state index in [0.29, 0.717) is 36.5 Å². The molecule has 1 aliphatic rings. The Morgan fingerprint density at radius 1 is 1.50 bits per heavy atom. The molecule has 1 saturated heterocycles. The summed E-state index contributed by atoms with van der Waals surface area (Å²) in [6.07, 6.45) is 5.61. The second kappa shape index (κ2) is 7.02. The summed E-state index contributed by atoms with van der Waals surface area (Å²) in [5.41, 5.74) is 0.901. The fourth-order valence-electron chi connectivity index (χ4n) is 2.92. The molecule has 0 spiro atoms.